The molecule has 5 heteroatoms. The smallest absolute Gasteiger partial charge is 0.325 e. The molecule has 0 aliphatic heterocycles. The number of benzene rings is 2. The molecule has 3 aromatic rings. The zero-order chi connectivity index (χ0) is 18.2. The van der Waals surface area contributed by atoms with Crippen molar-refractivity contribution >= 4 is 23.3 Å². The van der Waals surface area contributed by atoms with E-state index in [9.17, 15) is 9.59 Å². The van der Waals surface area contributed by atoms with E-state index in [-0.39, 0.29) is 13.2 Å². The highest BCUT2D eigenvalue weighted by molar-refractivity contribution is 7.08. The summed E-state index contributed by atoms with van der Waals surface area (Å²) in [6, 6.07) is 20.4. The molecule has 132 valence electrons. The highest BCUT2D eigenvalue weighted by Crippen LogP contribution is 2.23. The van der Waals surface area contributed by atoms with Gasteiger partial charge in [-0.05, 0) is 33.5 Å². The van der Waals surface area contributed by atoms with Crippen molar-refractivity contribution in [2.24, 2.45) is 0 Å². The zero-order valence-electron chi connectivity index (χ0n) is 14.0. The van der Waals surface area contributed by atoms with Gasteiger partial charge < -0.3 is 9.47 Å². The van der Waals surface area contributed by atoms with Crippen LogP contribution in [0.4, 0.5) is 0 Å². The maximum Gasteiger partial charge on any atom is 0.325 e. The Labute approximate surface area is 156 Å². The summed E-state index contributed by atoms with van der Waals surface area (Å²) in [5, 5.41) is 3.58. The topological polar surface area (TPSA) is 52.6 Å². The van der Waals surface area contributed by atoms with Crippen molar-refractivity contribution in [3.8, 4) is 0 Å². The molecular formula is C21H18O4S. The van der Waals surface area contributed by atoms with Gasteiger partial charge in [0.2, 0.25) is 0 Å². The predicted molar refractivity (Wildman–Crippen MR) is 99.5 cm³/mol. The number of thiophene rings is 1. The summed E-state index contributed by atoms with van der Waals surface area (Å²) < 4.78 is 10.7. The molecule has 0 saturated heterocycles. The van der Waals surface area contributed by atoms with Gasteiger partial charge in [-0.25, -0.2) is 0 Å². The third-order valence-electron chi connectivity index (χ3n) is 3.80. The van der Waals surface area contributed by atoms with E-state index < -0.39 is 17.9 Å². The van der Waals surface area contributed by atoms with E-state index in [2.05, 4.69) is 0 Å². The lowest BCUT2D eigenvalue weighted by molar-refractivity contribution is -0.159. The number of ether oxygens (including phenoxy) is 2. The molecule has 4 nitrogen and oxygen atoms in total. The van der Waals surface area contributed by atoms with Crippen molar-refractivity contribution in [3.63, 3.8) is 0 Å². The van der Waals surface area contributed by atoms with Gasteiger partial charge in [0.05, 0.1) is 0 Å². The standard InChI is InChI=1S/C21H18O4S/c22-20(24-13-16-7-3-1-4-8-16)19(18-11-12-26-15-18)21(23)25-14-17-9-5-2-6-10-17/h1-12,15,19H,13-14H2. The molecule has 0 atom stereocenters. The van der Waals surface area contributed by atoms with Crippen LogP contribution in [-0.2, 0) is 32.3 Å². The van der Waals surface area contributed by atoms with Crippen LogP contribution in [0.3, 0.4) is 0 Å². The normalized spacial score (nSPS) is 10.5. The van der Waals surface area contributed by atoms with Gasteiger partial charge >= 0.3 is 11.9 Å². The first-order valence-electron chi connectivity index (χ1n) is 8.17. The molecule has 1 heterocycles. The van der Waals surface area contributed by atoms with Crippen molar-refractivity contribution in [1.29, 1.82) is 0 Å². The van der Waals surface area contributed by atoms with Gasteiger partial charge in [-0.3, -0.25) is 9.59 Å². The van der Waals surface area contributed by atoms with Crippen LogP contribution in [0.5, 0.6) is 0 Å². The first kappa shape index (κ1) is 17.9. The summed E-state index contributed by atoms with van der Waals surface area (Å²) in [6.07, 6.45) is 0. The maximum atomic E-state index is 12.5. The molecule has 0 aliphatic carbocycles. The SMILES string of the molecule is O=C(OCc1ccccc1)C(C(=O)OCc1ccccc1)c1ccsc1. The fourth-order valence-electron chi connectivity index (χ4n) is 2.43. The van der Waals surface area contributed by atoms with E-state index >= 15 is 0 Å². The Kier molecular flexibility index (Phi) is 6.17. The fourth-order valence-corrected chi connectivity index (χ4v) is 3.12. The zero-order valence-corrected chi connectivity index (χ0v) is 14.9. The molecule has 0 aliphatic rings. The van der Waals surface area contributed by atoms with Crippen molar-refractivity contribution < 1.29 is 19.1 Å². The van der Waals surface area contributed by atoms with Gasteiger partial charge in [-0.2, -0.15) is 11.3 Å². The molecule has 0 unspecified atom stereocenters. The molecule has 0 fully saturated rings. The van der Waals surface area contributed by atoms with Gasteiger partial charge in [-0.15, -0.1) is 0 Å². The van der Waals surface area contributed by atoms with Gasteiger partial charge in [0, 0.05) is 0 Å². The highest BCUT2D eigenvalue weighted by Gasteiger charge is 2.32. The van der Waals surface area contributed by atoms with Crippen LogP contribution in [0, 0.1) is 0 Å². The summed E-state index contributed by atoms with van der Waals surface area (Å²) in [5.41, 5.74) is 2.32. The van der Waals surface area contributed by atoms with Crippen LogP contribution < -0.4 is 0 Å². The molecule has 0 saturated carbocycles. The number of rotatable bonds is 7. The molecule has 3 rings (SSSR count). The van der Waals surface area contributed by atoms with Crippen LogP contribution in [0.25, 0.3) is 0 Å². The van der Waals surface area contributed by atoms with Crippen LogP contribution in [0.15, 0.2) is 77.5 Å². The second kappa shape index (κ2) is 8.97. The number of carbonyl (C=O) groups excluding carboxylic acids is 2. The lowest BCUT2D eigenvalue weighted by atomic mass is 10.0. The largest absolute Gasteiger partial charge is 0.460 e. The van der Waals surface area contributed by atoms with Crippen molar-refractivity contribution in [2.75, 3.05) is 0 Å². The third kappa shape index (κ3) is 4.80. The third-order valence-corrected chi connectivity index (χ3v) is 4.50. The van der Waals surface area contributed by atoms with Crippen molar-refractivity contribution in [3.05, 3.63) is 94.2 Å². The molecular weight excluding hydrogens is 348 g/mol. The van der Waals surface area contributed by atoms with Crippen LogP contribution in [0.2, 0.25) is 0 Å². The van der Waals surface area contributed by atoms with E-state index in [0.717, 1.165) is 11.1 Å². The van der Waals surface area contributed by atoms with Gasteiger partial charge in [0.15, 0.2) is 5.92 Å². The summed E-state index contributed by atoms with van der Waals surface area (Å²) in [7, 11) is 0. The molecule has 26 heavy (non-hydrogen) atoms. The lowest BCUT2D eigenvalue weighted by Crippen LogP contribution is -2.25. The van der Waals surface area contributed by atoms with Crippen LogP contribution in [-0.4, -0.2) is 11.9 Å². The Morgan fingerprint density at radius 3 is 1.69 bits per heavy atom. The van der Waals surface area contributed by atoms with Crippen molar-refractivity contribution in [1.82, 2.24) is 0 Å². The summed E-state index contributed by atoms with van der Waals surface area (Å²) in [5.74, 6) is -2.29. The summed E-state index contributed by atoms with van der Waals surface area (Å²) >= 11 is 1.42. The number of esters is 2. The fraction of sp³-hybridized carbons (Fsp3) is 0.143. The second-order valence-electron chi connectivity index (χ2n) is 5.68. The van der Waals surface area contributed by atoms with Crippen LogP contribution >= 0.6 is 11.3 Å². The van der Waals surface area contributed by atoms with E-state index in [0.29, 0.717) is 5.56 Å². The quantitative estimate of drug-likeness (QED) is 0.462. The minimum Gasteiger partial charge on any atom is -0.460 e. The average Bonchev–Trinajstić information content (AvgIpc) is 3.21. The monoisotopic (exact) mass is 366 g/mol. The maximum absolute atomic E-state index is 12.5. The van der Waals surface area contributed by atoms with E-state index in [1.807, 2.05) is 66.0 Å². The van der Waals surface area contributed by atoms with Gasteiger partial charge in [0.25, 0.3) is 0 Å². The molecule has 1 aromatic heterocycles. The summed E-state index contributed by atoms with van der Waals surface area (Å²) in [6.45, 7) is 0.235. The first-order chi connectivity index (χ1) is 12.7. The molecule has 0 bridgehead atoms. The lowest BCUT2D eigenvalue weighted by Gasteiger charge is -2.15. The minimum absolute atomic E-state index is 0.117. The molecule has 0 N–H and O–H groups in total. The Hall–Kier alpha value is -2.92. The van der Waals surface area contributed by atoms with Gasteiger partial charge in [0.1, 0.15) is 13.2 Å². The van der Waals surface area contributed by atoms with E-state index in [1.165, 1.54) is 11.3 Å². The van der Waals surface area contributed by atoms with E-state index in [4.69, 9.17) is 9.47 Å². The highest BCUT2D eigenvalue weighted by atomic mass is 32.1. The molecule has 0 amide bonds. The van der Waals surface area contributed by atoms with E-state index in [1.54, 1.807) is 11.4 Å². The summed E-state index contributed by atoms with van der Waals surface area (Å²) in [4.78, 5) is 25.1. The Morgan fingerprint density at radius 2 is 1.27 bits per heavy atom. The molecule has 0 spiro atoms. The Bertz CT molecular complexity index is 773. The number of hydrogen-bond acceptors (Lipinski definition) is 5. The predicted octanol–water partition coefficient (Wildman–Crippen LogP) is 4.32. The minimum atomic E-state index is -1.08. The average molecular weight is 366 g/mol. The number of hydrogen-bond donors (Lipinski definition) is 0. The Morgan fingerprint density at radius 1 is 0.769 bits per heavy atom. The molecule has 2 aromatic carbocycles. The Balaban J connectivity index is 1.66. The van der Waals surface area contributed by atoms with Crippen molar-refractivity contribution in [2.45, 2.75) is 19.1 Å². The van der Waals surface area contributed by atoms with Crippen LogP contribution in [0.1, 0.15) is 22.6 Å². The van der Waals surface area contributed by atoms with Gasteiger partial charge in [-0.1, -0.05) is 60.7 Å². The first-order valence-corrected chi connectivity index (χ1v) is 9.11. The molecule has 0 radical (unpaired) electrons. The number of carbonyl (C=O) groups is 2. The second-order valence-corrected chi connectivity index (χ2v) is 6.46.